The number of esters is 1. The van der Waals surface area contributed by atoms with Gasteiger partial charge < -0.3 is 19.5 Å². The lowest BCUT2D eigenvalue weighted by atomic mass is 9.79. The molecule has 37 heavy (non-hydrogen) atoms. The molecule has 3 aromatic carbocycles. The number of Topliss-reactive ketones (excluding diaryl/α,β-unsaturated/α-hetero) is 1. The zero-order valence-corrected chi connectivity index (χ0v) is 22.7. The first-order valence-electron chi connectivity index (χ1n) is 11.5. The zero-order valence-electron chi connectivity index (χ0n) is 20.4. The third-order valence-electron chi connectivity index (χ3n) is 6.54. The van der Waals surface area contributed by atoms with Crippen LogP contribution in [0.3, 0.4) is 0 Å². The summed E-state index contributed by atoms with van der Waals surface area (Å²) in [4.78, 5) is 26.6. The van der Waals surface area contributed by atoms with E-state index in [0.29, 0.717) is 50.2 Å². The fraction of sp³-hybridized carbons (Fsp3) is 0.172. The molecule has 5 rings (SSSR count). The number of benzene rings is 3. The van der Waals surface area contributed by atoms with E-state index in [1.165, 1.54) is 14.2 Å². The third kappa shape index (κ3) is 4.43. The minimum absolute atomic E-state index is 0.150. The molecule has 1 aliphatic carbocycles. The largest absolute Gasteiger partial charge is 0.493 e. The first-order valence-corrected chi connectivity index (χ1v) is 12.7. The molecular weight excluding hydrogens is 558 g/mol. The molecule has 0 radical (unpaired) electrons. The number of hydrogen-bond acceptors (Lipinski definition) is 6. The summed E-state index contributed by atoms with van der Waals surface area (Å²) in [5.74, 6) is -0.625. The highest BCUT2D eigenvalue weighted by Crippen LogP contribution is 2.49. The van der Waals surface area contributed by atoms with E-state index >= 15 is 0 Å². The van der Waals surface area contributed by atoms with Crippen LogP contribution >= 0.6 is 27.5 Å². The molecule has 2 aliphatic rings. The summed E-state index contributed by atoms with van der Waals surface area (Å²) in [7, 11) is 2.84. The third-order valence-corrected chi connectivity index (χ3v) is 7.35. The molecule has 0 aromatic heterocycles. The van der Waals surface area contributed by atoms with Crippen LogP contribution in [0.4, 0.5) is 0 Å². The van der Waals surface area contributed by atoms with E-state index in [1.807, 2.05) is 42.5 Å². The lowest BCUT2D eigenvalue weighted by molar-refractivity contribution is -0.136. The molecule has 0 spiro atoms. The van der Waals surface area contributed by atoms with Crippen LogP contribution in [0.15, 0.2) is 82.0 Å². The number of carbonyl (C=O) groups is 2. The molecule has 0 fully saturated rings. The van der Waals surface area contributed by atoms with Gasteiger partial charge in [0.1, 0.15) is 6.61 Å². The van der Waals surface area contributed by atoms with E-state index in [-0.39, 0.29) is 12.4 Å². The number of ether oxygens (including phenoxy) is 3. The number of allylic oxidation sites excluding steroid dienone is 2. The SMILES string of the molecule is COC(=O)C1=C(C)NC2=C(C(=O)c3ccccc32)[C@@H]1c1cc(Cl)c(OCc2ccc(Br)cc2)c(OC)c1. The number of halogens is 2. The molecule has 1 aliphatic heterocycles. The predicted molar refractivity (Wildman–Crippen MR) is 145 cm³/mol. The average Bonchev–Trinajstić information content (AvgIpc) is 3.18. The summed E-state index contributed by atoms with van der Waals surface area (Å²) in [6.45, 7) is 2.08. The van der Waals surface area contributed by atoms with Crippen molar-refractivity contribution in [3.8, 4) is 11.5 Å². The van der Waals surface area contributed by atoms with Gasteiger partial charge in [-0.1, -0.05) is 63.9 Å². The number of methoxy groups -OCH3 is 2. The number of rotatable bonds is 6. The Bertz CT molecular complexity index is 1490. The van der Waals surface area contributed by atoms with Gasteiger partial charge in [-0.2, -0.15) is 0 Å². The van der Waals surface area contributed by atoms with Crippen molar-refractivity contribution < 1.29 is 23.8 Å². The first kappa shape index (κ1) is 25.1. The Hall–Kier alpha value is -3.55. The van der Waals surface area contributed by atoms with Crippen molar-refractivity contribution >= 4 is 45.0 Å². The van der Waals surface area contributed by atoms with Gasteiger partial charge in [0, 0.05) is 32.8 Å². The van der Waals surface area contributed by atoms with Crippen molar-refractivity contribution in [2.45, 2.75) is 19.4 Å². The van der Waals surface area contributed by atoms with E-state index < -0.39 is 11.9 Å². The monoisotopic (exact) mass is 579 g/mol. The molecule has 0 saturated carbocycles. The van der Waals surface area contributed by atoms with Gasteiger partial charge in [0.05, 0.1) is 30.5 Å². The lowest BCUT2D eigenvalue weighted by Crippen LogP contribution is -2.29. The summed E-state index contributed by atoms with van der Waals surface area (Å²) in [5.41, 5.74) is 5.04. The van der Waals surface area contributed by atoms with Crippen LogP contribution in [0.2, 0.25) is 5.02 Å². The van der Waals surface area contributed by atoms with Gasteiger partial charge in [0.15, 0.2) is 17.3 Å². The second-order valence-corrected chi connectivity index (χ2v) is 10.0. The average molecular weight is 581 g/mol. The van der Waals surface area contributed by atoms with Gasteiger partial charge in [0.25, 0.3) is 0 Å². The summed E-state index contributed by atoms with van der Waals surface area (Å²) in [6, 6.07) is 18.6. The van der Waals surface area contributed by atoms with Crippen LogP contribution in [0, 0.1) is 0 Å². The quantitative estimate of drug-likeness (QED) is 0.339. The van der Waals surface area contributed by atoms with Crippen LogP contribution in [0.25, 0.3) is 5.70 Å². The molecule has 1 N–H and O–H groups in total. The molecule has 0 amide bonds. The van der Waals surface area contributed by atoms with Crippen molar-refractivity contribution in [1.82, 2.24) is 5.32 Å². The number of dihydropyridines is 1. The molecule has 0 bridgehead atoms. The standard InChI is InChI=1S/C29H23BrClNO5/c1-15-23(29(34)36-3)24(25-26(32-15)19-6-4-5-7-20(19)27(25)33)17-12-21(31)28(22(13-17)35-2)37-14-16-8-10-18(30)11-9-16/h4-13,24,32H,14H2,1-3H3/t24-/m1/s1. The number of carbonyl (C=O) groups excluding carboxylic acids is 2. The van der Waals surface area contributed by atoms with Crippen LogP contribution in [0.5, 0.6) is 11.5 Å². The smallest absolute Gasteiger partial charge is 0.336 e. The molecule has 8 heteroatoms. The number of ketones is 1. The number of hydrogen-bond donors (Lipinski definition) is 1. The Morgan fingerprint density at radius 3 is 2.43 bits per heavy atom. The van der Waals surface area contributed by atoms with E-state index in [2.05, 4.69) is 21.2 Å². The molecule has 188 valence electrons. The summed E-state index contributed by atoms with van der Waals surface area (Å²) >= 11 is 10.2. The van der Waals surface area contributed by atoms with Crippen molar-refractivity contribution in [2.24, 2.45) is 0 Å². The van der Waals surface area contributed by atoms with Crippen molar-refractivity contribution in [2.75, 3.05) is 14.2 Å². The van der Waals surface area contributed by atoms with Crippen LogP contribution < -0.4 is 14.8 Å². The molecule has 0 saturated heterocycles. The molecule has 1 atom stereocenters. The fourth-order valence-corrected chi connectivity index (χ4v) is 5.36. The summed E-state index contributed by atoms with van der Waals surface area (Å²) < 4.78 is 17.8. The van der Waals surface area contributed by atoms with E-state index in [9.17, 15) is 9.59 Å². The summed E-state index contributed by atoms with van der Waals surface area (Å²) in [5, 5.41) is 3.58. The first-order chi connectivity index (χ1) is 17.8. The second kappa shape index (κ2) is 10.1. The van der Waals surface area contributed by atoms with Gasteiger partial charge in [-0.05, 0) is 42.3 Å². The van der Waals surface area contributed by atoms with Crippen LogP contribution in [-0.2, 0) is 16.1 Å². The Balaban J connectivity index is 1.60. The maximum atomic E-state index is 13.6. The van der Waals surface area contributed by atoms with E-state index in [1.54, 1.807) is 25.1 Å². The molecule has 0 unspecified atom stereocenters. The van der Waals surface area contributed by atoms with Crippen molar-refractivity contribution in [3.63, 3.8) is 0 Å². The van der Waals surface area contributed by atoms with Gasteiger partial charge >= 0.3 is 5.97 Å². The second-order valence-electron chi connectivity index (χ2n) is 8.70. The minimum Gasteiger partial charge on any atom is -0.493 e. The van der Waals surface area contributed by atoms with E-state index in [4.69, 9.17) is 25.8 Å². The highest BCUT2D eigenvalue weighted by atomic mass is 79.9. The van der Waals surface area contributed by atoms with Gasteiger partial charge in [-0.15, -0.1) is 0 Å². The zero-order chi connectivity index (χ0) is 26.3. The van der Waals surface area contributed by atoms with Gasteiger partial charge in [0.2, 0.25) is 0 Å². The Labute approximate surface area is 228 Å². The van der Waals surface area contributed by atoms with E-state index in [0.717, 1.165) is 15.6 Å². The molecule has 1 heterocycles. The minimum atomic E-state index is -0.712. The number of nitrogens with one attached hydrogen (secondary N) is 1. The predicted octanol–water partition coefficient (Wildman–Crippen LogP) is 6.43. The van der Waals surface area contributed by atoms with Crippen molar-refractivity contribution in [1.29, 1.82) is 0 Å². The highest BCUT2D eigenvalue weighted by molar-refractivity contribution is 9.10. The fourth-order valence-electron chi connectivity index (χ4n) is 4.83. The lowest BCUT2D eigenvalue weighted by Gasteiger charge is -2.29. The summed E-state index contributed by atoms with van der Waals surface area (Å²) in [6.07, 6.45) is 0. The van der Waals surface area contributed by atoms with Crippen molar-refractivity contribution in [3.05, 3.63) is 109 Å². The van der Waals surface area contributed by atoms with Gasteiger partial charge in [-0.25, -0.2) is 4.79 Å². The van der Waals surface area contributed by atoms with Crippen LogP contribution in [0.1, 0.15) is 39.9 Å². The van der Waals surface area contributed by atoms with Crippen LogP contribution in [-0.4, -0.2) is 26.0 Å². The molecule has 3 aromatic rings. The van der Waals surface area contributed by atoms with Gasteiger partial charge in [-0.3, -0.25) is 4.79 Å². The number of fused-ring (bicyclic) bond motifs is 2. The highest BCUT2D eigenvalue weighted by Gasteiger charge is 2.43. The molecule has 6 nitrogen and oxygen atoms in total. The Kier molecular flexibility index (Phi) is 6.84. The normalized spacial score (nSPS) is 16.2. The maximum absolute atomic E-state index is 13.6. The topological polar surface area (TPSA) is 73.9 Å². The molecular formula is C29H23BrClNO5. The maximum Gasteiger partial charge on any atom is 0.336 e. The Morgan fingerprint density at radius 2 is 1.76 bits per heavy atom. The Morgan fingerprint density at radius 1 is 1.05 bits per heavy atom.